The molecule has 0 aromatic rings. The van der Waals surface area contributed by atoms with Crippen LogP contribution in [0, 0.1) is 0 Å². The van der Waals surface area contributed by atoms with E-state index in [-0.39, 0.29) is 71.8 Å². The summed E-state index contributed by atoms with van der Waals surface area (Å²) in [5.41, 5.74) is 0. The molecule has 0 unspecified atom stereocenters. The number of hydrogen-bond donors (Lipinski definition) is 0. The van der Waals surface area contributed by atoms with Crippen LogP contribution in [0.15, 0.2) is 0 Å². The molecule has 0 nitrogen and oxygen atoms in total. The first kappa shape index (κ1) is 22.9. The molecule has 0 fully saturated rings. The van der Waals surface area contributed by atoms with Crippen LogP contribution in [0.2, 0.25) is 29.6 Å². The third-order valence-electron chi connectivity index (χ3n) is 0. The molecule has 0 saturated heterocycles. The van der Waals surface area contributed by atoms with Gasteiger partial charge < -0.3 is 0 Å². The Bertz CT molecular complexity index is 17.7. The summed E-state index contributed by atoms with van der Waals surface area (Å²) in [7, 11) is 0. The average molecular weight is 457 g/mol. The first-order valence-corrected chi connectivity index (χ1v) is 20.1. The first-order valence-electron chi connectivity index (χ1n) is 3.00. The van der Waals surface area contributed by atoms with Gasteiger partial charge in [0, 0.05) is 8.41 Å². The summed E-state index contributed by atoms with van der Waals surface area (Å²) in [5.74, 6) is 0. The second-order valence-corrected chi connectivity index (χ2v) is 10.1. The monoisotopic (exact) mass is 461 g/mol. The van der Waals surface area contributed by atoms with Crippen LogP contribution in [0.3, 0.4) is 0 Å². The zero-order valence-corrected chi connectivity index (χ0v) is 16.6. The molecule has 0 saturated carbocycles. The fraction of sp³-hybridized carbons (Fsp3) is 1.00. The van der Waals surface area contributed by atoms with Crippen molar-refractivity contribution in [3.8, 4) is 0 Å². The Labute approximate surface area is 99.9 Å². The van der Waals surface area contributed by atoms with Gasteiger partial charge in [-0.3, -0.25) is 0 Å². The second-order valence-electron chi connectivity index (χ2n) is 1.50. The van der Waals surface area contributed by atoms with E-state index >= 15 is 0 Å². The average Bonchev–Trinajstić information content (AvgIpc) is 1.70. The molecule has 0 aliphatic heterocycles. The molecule has 0 heterocycles. The van der Waals surface area contributed by atoms with Crippen LogP contribution in [0.25, 0.3) is 0 Å². The van der Waals surface area contributed by atoms with Crippen LogP contribution in [-0.4, -0.2) is 71.8 Å². The maximum absolute atomic E-state index is 2.30. The van der Waals surface area contributed by atoms with Crippen molar-refractivity contribution in [2.24, 2.45) is 0 Å². The summed E-state index contributed by atoms with van der Waals surface area (Å²) in [6.07, 6.45) is 0. The molecule has 0 atom stereocenters. The van der Waals surface area contributed by atoms with Crippen molar-refractivity contribution in [1.29, 1.82) is 0 Å². The summed E-state index contributed by atoms with van der Waals surface area (Å²) < 4.78 is 0. The maximum atomic E-state index is 2.30. The van der Waals surface area contributed by atoms with E-state index in [2.05, 4.69) is 29.6 Å². The fourth-order valence-electron chi connectivity index (χ4n) is 0. The molecule has 9 radical (unpaired) electrons. The Hall–Kier alpha value is 2.46. The molecule has 57 valence electrons. The molecular weight excluding hydrogens is 439 g/mol. The van der Waals surface area contributed by atoms with Crippen molar-refractivity contribution in [2.45, 2.75) is 29.6 Å². The van der Waals surface area contributed by atoms with Crippen LogP contribution < -0.4 is 0 Å². The van der Waals surface area contributed by atoms with Gasteiger partial charge in [-0.2, -0.15) is 0 Å². The van der Waals surface area contributed by atoms with E-state index < -0.39 is 0 Å². The van der Waals surface area contributed by atoms with Gasteiger partial charge in [-0.05, 0) is 0 Å². The SMILES string of the molecule is [B].[CH3][Sn][CH3].[CH3][Sn][CH3].[CH3][Sn][CH3]. The minimum absolute atomic E-state index is 0. The molecule has 0 aliphatic carbocycles. The Morgan fingerprint density at radius 3 is 0.500 bits per heavy atom. The van der Waals surface area contributed by atoms with Gasteiger partial charge in [-0.1, -0.05) is 0 Å². The van der Waals surface area contributed by atoms with Crippen LogP contribution in [0.1, 0.15) is 0 Å². The van der Waals surface area contributed by atoms with E-state index in [1.807, 2.05) is 0 Å². The molecule has 0 aliphatic rings. The van der Waals surface area contributed by atoms with Crippen molar-refractivity contribution < 1.29 is 0 Å². The molecule has 4 heteroatoms. The Balaban J connectivity index is -0.0000000257. The summed E-state index contributed by atoms with van der Waals surface area (Å²) in [5, 5.41) is 0. The normalized spacial score (nSPS) is 5.40. The van der Waals surface area contributed by atoms with Crippen LogP contribution in [-0.2, 0) is 0 Å². The summed E-state index contributed by atoms with van der Waals surface area (Å²) in [6.45, 7) is 0. The van der Waals surface area contributed by atoms with E-state index in [0.29, 0.717) is 0 Å². The van der Waals surface area contributed by atoms with Crippen molar-refractivity contribution in [2.75, 3.05) is 0 Å². The molecular formula is C6H18BSn3. The van der Waals surface area contributed by atoms with Gasteiger partial charge >= 0.3 is 93.1 Å². The van der Waals surface area contributed by atoms with Gasteiger partial charge in [0.25, 0.3) is 0 Å². The van der Waals surface area contributed by atoms with Crippen molar-refractivity contribution >= 4 is 71.8 Å². The summed E-state index contributed by atoms with van der Waals surface area (Å²) in [4.78, 5) is 13.8. The topological polar surface area (TPSA) is 0 Å². The molecule has 0 bridgehead atoms. The Morgan fingerprint density at radius 1 is 0.500 bits per heavy atom. The predicted octanol–water partition coefficient (Wildman–Crippen LogP) is 1.98. The molecule has 0 N–H and O–H groups in total. The molecule has 10 heavy (non-hydrogen) atoms. The third kappa shape index (κ3) is 155. The Morgan fingerprint density at radius 2 is 0.500 bits per heavy atom. The predicted molar refractivity (Wildman–Crippen MR) is 58.2 cm³/mol. The van der Waals surface area contributed by atoms with Gasteiger partial charge in [-0.25, -0.2) is 0 Å². The second kappa shape index (κ2) is 42.1. The standard InChI is InChI=1S/6CH3.B.3Sn/h6*1H3;;;;. The van der Waals surface area contributed by atoms with E-state index in [4.69, 9.17) is 0 Å². The van der Waals surface area contributed by atoms with Gasteiger partial charge in [0.15, 0.2) is 0 Å². The zero-order valence-electron chi connectivity index (χ0n) is 8.08. The Kier molecular flexibility index (Phi) is 96.2. The first-order chi connectivity index (χ1) is 4.24. The van der Waals surface area contributed by atoms with Crippen molar-refractivity contribution in [3.63, 3.8) is 0 Å². The van der Waals surface area contributed by atoms with Gasteiger partial charge in [0.2, 0.25) is 0 Å². The van der Waals surface area contributed by atoms with Gasteiger partial charge in [-0.15, -0.1) is 0 Å². The van der Waals surface area contributed by atoms with E-state index in [9.17, 15) is 0 Å². The van der Waals surface area contributed by atoms with Crippen LogP contribution in [0.4, 0.5) is 0 Å². The third-order valence-corrected chi connectivity index (χ3v) is 0. The molecule has 0 spiro atoms. The van der Waals surface area contributed by atoms with Crippen molar-refractivity contribution in [1.82, 2.24) is 0 Å². The molecule has 0 amide bonds. The number of hydrogen-bond acceptors (Lipinski definition) is 0. The van der Waals surface area contributed by atoms with Gasteiger partial charge in [0.05, 0.1) is 0 Å². The zero-order chi connectivity index (χ0) is 8.12. The number of rotatable bonds is 0. The van der Waals surface area contributed by atoms with Gasteiger partial charge in [0.1, 0.15) is 0 Å². The summed E-state index contributed by atoms with van der Waals surface area (Å²) >= 11 is 0.690. The van der Waals surface area contributed by atoms with Crippen LogP contribution >= 0.6 is 0 Å². The van der Waals surface area contributed by atoms with E-state index in [1.54, 1.807) is 0 Å². The quantitative estimate of drug-likeness (QED) is 0.489. The van der Waals surface area contributed by atoms with Crippen LogP contribution in [0.5, 0.6) is 0 Å². The molecule has 0 aromatic heterocycles. The minimum atomic E-state index is 0. The molecule has 0 aromatic carbocycles. The van der Waals surface area contributed by atoms with Crippen molar-refractivity contribution in [3.05, 3.63) is 0 Å². The van der Waals surface area contributed by atoms with E-state index in [0.717, 1.165) is 0 Å². The van der Waals surface area contributed by atoms with E-state index in [1.165, 1.54) is 0 Å². The molecule has 0 rings (SSSR count). The fourth-order valence-corrected chi connectivity index (χ4v) is 0. The summed E-state index contributed by atoms with van der Waals surface area (Å²) in [6, 6.07) is 0.